The Kier molecular flexibility index (Phi) is 1.96. The summed E-state index contributed by atoms with van der Waals surface area (Å²) in [4.78, 5) is 8.34. The van der Waals surface area contributed by atoms with Crippen LogP contribution in [-0.4, -0.2) is 21.5 Å². The summed E-state index contributed by atoms with van der Waals surface area (Å²) < 4.78 is 6.94. The number of fused-ring (bicyclic) bond motifs is 1. The van der Waals surface area contributed by atoms with Crippen LogP contribution in [0.4, 0.5) is 0 Å². The van der Waals surface area contributed by atoms with Crippen molar-refractivity contribution in [3.63, 3.8) is 0 Å². The molecule has 0 aliphatic carbocycles. The van der Waals surface area contributed by atoms with Crippen LogP contribution in [0.5, 0.6) is 0 Å². The molecule has 2 rings (SSSR count). The zero-order valence-electron chi connectivity index (χ0n) is 8.19. The van der Waals surface area contributed by atoms with Crippen molar-refractivity contribution in [1.82, 2.24) is 14.4 Å². The molecule has 0 atom stereocenters. The Morgan fingerprint density at radius 2 is 2.36 bits per heavy atom. The van der Waals surface area contributed by atoms with Crippen LogP contribution in [0.25, 0.3) is 11.4 Å². The van der Waals surface area contributed by atoms with E-state index >= 15 is 0 Å². The highest BCUT2D eigenvalue weighted by Crippen LogP contribution is 2.15. The first-order valence-corrected chi connectivity index (χ1v) is 4.25. The molecule has 14 heavy (non-hydrogen) atoms. The van der Waals surface area contributed by atoms with Gasteiger partial charge in [0.1, 0.15) is 12.1 Å². The molecule has 0 saturated heterocycles. The number of ether oxygens (including phenoxy) is 1. The molecule has 0 amide bonds. The molecule has 2 heterocycles. The van der Waals surface area contributed by atoms with Gasteiger partial charge in [0, 0.05) is 5.69 Å². The standard InChI is InChI=1S/C10H11N3O/c1-7-4-9(8(2)14-3)13-6-11-5-10(13)12-7/h4-6H,2H2,1,3H3. The van der Waals surface area contributed by atoms with Gasteiger partial charge < -0.3 is 4.74 Å². The number of rotatable bonds is 2. The maximum atomic E-state index is 5.10. The zero-order valence-corrected chi connectivity index (χ0v) is 8.19. The molecule has 2 aromatic heterocycles. The second-order valence-corrected chi connectivity index (χ2v) is 3.03. The summed E-state index contributed by atoms with van der Waals surface area (Å²) in [7, 11) is 1.60. The quantitative estimate of drug-likeness (QED) is 0.674. The van der Waals surface area contributed by atoms with Gasteiger partial charge in [0.2, 0.25) is 0 Å². The van der Waals surface area contributed by atoms with Gasteiger partial charge in [-0.15, -0.1) is 0 Å². The maximum absolute atomic E-state index is 5.10. The summed E-state index contributed by atoms with van der Waals surface area (Å²) >= 11 is 0. The van der Waals surface area contributed by atoms with Crippen molar-refractivity contribution in [3.05, 3.63) is 36.6 Å². The summed E-state index contributed by atoms with van der Waals surface area (Å²) in [6.07, 6.45) is 3.40. The lowest BCUT2D eigenvalue weighted by molar-refractivity contribution is 0.369. The van der Waals surface area contributed by atoms with Crippen LogP contribution in [-0.2, 0) is 4.74 Å². The van der Waals surface area contributed by atoms with Crippen LogP contribution >= 0.6 is 0 Å². The first-order valence-electron chi connectivity index (χ1n) is 4.25. The average molecular weight is 189 g/mol. The minimum atomic E-state index is 0.610. The lowest BCUT2D eigenvalue weighted by Crippen LogP contribution is -1.99. The first-order chi connectivity index (χ1) is 6.72. The molecular weight excluding hydrogens is 178 g/mol. The third-order valence-electron chi connectivity index (χ3n) is 2.05. The molecule has 0 aromatic carbocycles. The highest BCUT2D eigenvalue weighted by atomic mass is 16.5. The van der Waals surface area contributed by atoms with Crippen LogP contribution in [0.15, 0.2) is 25.2 Å². The van der Waals surface area contributed by atoms with Crippen LogP contribution < -0.4 is 0 Å². The van der Waals surface area contributed by atoms with Gasteiger partial charge in [0.25, 0.3) is 0 Å². The fourth-order valence-electron chi connectivity index (χ4n) is 1.36. The Hall–Kier alpha value is -1.84. The Morgan fingerprint density at radius 3 is 3.07 bits per heavy atom. The molecule has 0 spiro atoms. The molecule has 0 saturated carbocycles. The largest absolute Gasteiger partial charge is 0.495 e. The Morgan fingerprint density at radius 1 is 1.57 bits per heavy atom. The van der Waals surface area contributed by atoms with Gasteiger partial charge in [-0.1, -0.05) is 6.58 Å². The van der Waals surface area contributed by atoms with E-state index in [1.807, 2.05) is 17.4 Å². The number of aromatic nitrogens is 3. The van der Waals surface area contributed by atoms with Crippen molar-refractivity contribution in [2.24, 2.45) is 0 Å². The molecule has 0 aliphatic rings. The molecular formula is C10H11N3O. The van der Waals surface area contributed by atoms with E-state index in [4.69, 9.17) is 4.74 Å². The summed E-state index contributed by atoms with van der Waals surface area (Å²) in [6.45, 7) is 5.75. The van der Waals surface area contributed by atoms with Crippen molar-refractivity contribution in [2.75, 3.05) is 7.11 Å². The van der Waals surface area contributed by atoms with E-state index in [9.17, 15) is 0 Å². The molecule has 0 N–H and O–H groups in total. The molecule has 0 fully saturated rings. The maximum Gasteiger partial charge on any atom is 0.157 e. The second kappa shape index (κ2) is 3.14. The Bertz CT molecular complexity index is 487. The first kappa shape index (κ1) is 8.74. The minimum absolute atomic E-state index is 0.610. The van der Waals surface area contributed by atoms with Gasteiger partial charge in [0.05, 0.1) is 19.0 Å². The van der Waals surface area contributed by atoms with E-state index in [0.717, 1.165) is 17.0 Å². The highest BCUT2D eigenvalue weighted by Gasteiger charge is 2.06. The predicted molar refractivity (Wildman–Crippen MR) is 53.8 cm³/mol. The van der Waals surface area contributed by atoms with Gasteiger partial charge in [-0.2, -0.15) is 0 Å². The molecule has 72 valence electrons. The normalized spacial score (nSPS) is 10.4. The summed E-state index contributed by atoms with van der Waals surface area (Å²) in [5.41, 5.74) is 2.61. The van der Waals surface area contributed by atoms with Crippen LogP contribution in [0.2, 0.25) is 0 Å². The number of hydrogen-bond donors (Lipinski definition) is 0. The van der Waals surface area contributed by atoms with Gasteiger partial charge >= 0.3 is 0 Å². The number of methoxy groups -OCH3 is 1. The molecule has 4 heteroatoms. The third kappa shape index (κ3) is 1.25. The SMILES string of the molecule is C=C(OC)c1cc(C)nc2cncn12. The van der Waals surface area contributed by atoms with Crippen molar-refractivity contribution in [3.8, 4) is 0 Å². The fourth-order valence-corrected chi connectivity index (χ4v) is 1.36. The second-order valence-electron chi connectivity index (χ2n) is 3.03. The van der Waals surface area contributed by atoms with E-state index in [1.54, 1.807) is 19.6 Å². The van der Waals surface area contributed by atoms with E-state index < -0.39 is 0 Å². The lowest BCUT2D eigenvalue weighted by Gasteiger charge is -2.07. The molecule has 0 radical (unpaired) electrons. The lowest BCUT2D eigenvalue weighted by atomic mass is 10.3. The number of imidazole rings is 1. The van der Waals surface area contributed by atoms with Crippen LogP contribution in [0.3, 0.4) is 0 Å². The zero-order chi connectivity index (χ0) is 10.1. The predicted octanol–water partition coefficient (Wildman–Crippen LogP) is 1.65. The number of hydrogen-bond acceptors (Lipinski definition) is 3. The summed E-state index contributed by atoms with van der Waals surface area (Å²) in [5.74, 6) is 0.610. The van der Waals surface area contributed by atoms with Crippen molar-refractivity contribution in [1.29, 1.82) is 0 Å². The van der Waals surface area contributed by atoms with Gasteiger partial charge in [-0.3, -0.25) is 4.40 Å². The van der Waals surface area contributed by atoms with Crippen molar-refractivity contribution >= 4 is 11.4 Å². The Labute approximate surface area is 81.9 Å². The van der Waals surface area contributed by atoms with E-state index in [1.165, 1.54) is 0 Å². The number of nitrogens with zero attached hydrogens (tertiary/aromatic N) is 3. The number of aryl methyl sites for hydroxylation is 1. The third-order valence-corrected chi connectivity index (χ3v) is 2.05. The van der Waals surface area contributed by atoms with Gasteiger partial charge in [-0.05, 0) is 13.0 Å². The molecule has 2 aromatic rings. The minimum Gasteiger partial charge on any atom is -0.495 e. The van der Waals surface area contributed by atoms with Crippen molar-refractivity contribution < 1.29 is 4.74 Å². The fraction of sp³-hybridized carbons (Fsp3) is 0.200. The monoisotopic (exact) mass is 189 g/mol. The Balaban J connectivity index is 2.72. The van der Waals surface area contributed by atoms with Crippen LogP contribution in [0, 0.1) is 6.92 Å². The average Bonchev–Trinajstić information content (AvgIpc) is 2.62. The molecule has 0 aliphatic heterocycles. The van der Waals surface area contributed by atoms with Gasteiger partial charge in [0.15, 0.2) is 5.65 Å². The smallest absolute Gasteiger partial charge is 0.157 e. The summed E-state index contributed by atoms with van der Waals surface area (Å²) in [6, 6.07) is 1.92. The molecule has 0 bridgehead atoms. The van der Waals surface area contributed by atoms with Crippen molar-refractivity contribution in [2.45, 2.75) is 6.92 Å². The van der Waals surface area contributed by atoms with Crippen LogP contribution in [0.1, 0.15) is 11.4 Å². The molecule has 0 unspecified atom stereocenters. The van der Waals surface area contributed by atoms with E-state index in [0.29, 0.717) is 5.76 Å². The van der Waals surface area contributed by atoms with Gasteiger partial charge in [-0.25, -0.2) is 9.97 Å². The summed E-state index contributed by atoms with van der Waals surface area (Å²) in [5, 5.41) is 0. The highest BCUT2D eigenvalue weighted by molar-refractivity contribution is 5.57. The molecule has 4 nitrogen and oxygen atoms in total. The topological polar surface area (TPSA) is 39.4 Å². The van der Waals surface area contributed by atoms with E-state index in [2.05, 4.69) is 16.5 Å². The van der Waals surface area contributed by atoms with E-state index in [-0.39, 0.29) is 0 Å².